The highest BCUT2D eigenvalue weighted by atomic mass is 32.2. The van der Waals surface area contributed by atoms with E-state index < -0.39 is 57.1 Å². The SMILES string of the molecule is CCOC(=O)c1c(C(F)F)nc(N2CC(C(=O)NS(=O)(=O)Cc3ccc(F)cc3)C2)c(C#N)c1CC. The first-order valence-corrected chi connectivity index (χ1v) is 12.6. The second-order valence-corrected chi connectivity index (χ2v) is 9.71. The smallest absolute Gasteiger partial charge is 0.340 e. The third-order valence-corrected chi connectivity index (χ3v) is 6.76. The lowest BCUT2D eigenvalue weighted by Crippen LogP contribution is -2.55. The Labute approximate surface area is 205 Å². The Morgan fingerprint density at radius 1 is 1.25 bits per heavy atom. The summed E-state index contributed by atoms with van der Waals surface area (Å²) in [6.45, 7) is 2.90. The van der Waals surface area contributed by atoms with Crippen LogP contribution in [0.2, 0.25) is 0 Å². The van der Waals surface area contributed by atoms with Crippen molar-refractivity contribution < 1.29 is 35.9 Å². The molecule has 0 bridgehead atoms. The number of ether oxygens (including phenoxy) is 1. The molecule has 1 fully saturated rings. The number of benzene rings is 1. The van der Waals surface area contributed by atoms with Crippen LogP contribution in [-0.2, 0) is 31.7 Å². The molecule has 1 saturated heterocycles. The number of nitrogens with one attached hydrogen (secondary N) is 1. The number of carbonyl (C=O) groups excluding carboxylic acids is 2. The van der Waals surface area contributed by atoms with Crippen molar-refractivity contribution in [3.63, 3.8) is 0 Å². The summed E-state index contributed by atoms with van der Waals surface area (Å²) in [5, 5.41) is 9.71. The highest BCUT2D eigenvalue weighted by molar-refractivity contribution is 7.89. The molecule has 3 rings (SSSR count). The summed E-state index contributed by atoms with van der Waals surface area (Å²) in [5.41, 5.74) is -1.02. The Morgan fingerprint density at radius 3 is 2.42 bits per heavy atom. The zero-order chi connectivity index (χ0) is 26.6. The molecule has 1 N–H and O–H groups in total. The van der Waals surface area contributed by atoms with E-state index in [4.69, 9.17) is 4.74 Å². The topological polar surface area (TPSA) is 129 Å². The Hall–Kier alpha value is -3.66. The standard InChI is InChI=1S/C23H23F3N4O5S/c1-3-16-17(9-27)21(28-19(20(25)26)18(16)23(32)35-4-2)30-10-14(11-30)22(31)29-36(33,34)12-13-5-7-15(24)8-6-13/h5-8,14,20H,3-4,10-12H2,1-2H3,(H,29,31). The van der Waals surface area contributed by atoms with E-state index in [2.05, 4.69) is 4.98 Å². The molecule has 1 amide bonds. The number of amides is 1. The van der Waals surface area contributed by atoms with Gasteiger partial charge in [0.15, 0.2) is 0 Å². The molecule has 0 unspecified atom stereocenters. The summed E-state index contributed by atoms with van der Waals surface area (Å²) in [7, 11) is -4.07. The molecule has 1 aromatic carbocycles. The van der Waals surface area contributed by atoms with Crippen molar-refractivity contribution in [2.45, 2.75) is 32.4 Å². The molecule has 2 heterocycles. The van der Waals surface area contributed by atoms with Gasteiger partial charge in [0.25, 0.3) is 6.43 Å². The van der Waals surface area contributed by atoms with Gasteiger partial charge in [0.05, 0.1) is 29.4 Å². The van der Waals surface area contributed by atoms with Crippen LogP contribution in [0, 0.1) is 23.1 Å². The number of hydrogen-bond donors (Lipinski definition) is 1. The van der Waals surface area contributed by atoms with E-state index >= 15 is 0 Å². The highest BCUT2D eigenvalue weighted by Crippen LogP contribution is 2.35. The largest absolute Gasteiger partial charge is 0.462 e. The van der Waals surface area contributed by atoms with Crippen LogP contribution in [0.4, 0.5) is 19.0 Å². The Bertz CT molecular complexity index is 1300. The molecule has 0 atom stereocenters. The lowest BCUT2D eigenvalue weighted by Gasteiger charge is -2.40. The summed E-state index contributed by atoms with van der Waals surface area (Å²) >= 11 is 0. The summed E-state index contributed by atoms with van der Waals surface area (Å²) in [6.07, 6.45) is -3.05. The van der Waals surface area contributed by atoms with Crippen molar-refractivity contribution in [1.82, 2.24) is 9.71 Å². The average Bonchev–Trinajstić information content (AvgIpc) is 2.78. The number of pyridine rings is 1. The van der Waals surface area contributed by atoms with Gasteiger partial charge in [-0.05, 0) is 36.6 Å². The number of aromatic nitrogens is 1. The quantitative estimate of drug-likeness (QED) is 0.496. The number of anilines is 1. The molecule has 1 aromatic heterocycles. The molecule has 13 heteroatoms. The Balaban J connectivity index is 1.79. The van der Waals surface area contributed by atoms with Crippen LogP contribution in [0.1, 0.15) is 53.0 Å². The van der Waals surface area contributed by atoms with E-state index in [0.717, 1.165) is 12.1 Å². The van der Waals surface area contributed by atoms with Gasteiger partial charge in [-0.3, -0.25) is 9.52 Å². The lowest BCUT2D eigenvalue weighted by atomic mass is 9.94. The van der Waals surface area contributed by atoms with E-state index in [1.165, 1.54) is 24.0 Å². The first-order chi connectivity index (χ1) is 17.0. The summed E-state index contributed by atoms with van der Waals surface area (Å²) in [5.74, 6) is -3.81. The number of nitrogens with zero attached hydrogens (tertiary/aromatic N) is 3. The average molecular weight is 525 g/mol. The van der Waals surface area contributed by atoms with Gasteiger partial charge in [0, 0.05) is 13.1 Å². The fourth-order valence-electron chi connectivity index (χ4n) is 3.82. The number of halogens is 3. The number of sulfonamides is 1. The predicted molar refractivity (Wildman–Crippen MR) is 122 cm³/mol. The van der Waals surface area contributed by atoms with Crippen LogP contribution in [0.15, 0.2) is 24.3 Å². The molecular weight excluding hydrogens is 501 g/mol. The van der Waals surface area contributed by atoms with Crippen molar-refractivity contribution in [2.24, 2.45) is 5.92 Å². The fraction of sp³-hybridized carbons (Fsp3) is 0.391. The molecule has 0 aliphatic carbocycles. The predicted octanol–water partition coefficient (Wildman–Crippen LogP) is 2.85. The van der Waals surface area contributed by atoms with Gasteiger partial charge in [-0.25, -0.2) is 31.4 Å². The lowest BCUT2D eigenvalue weighted by molar-refractivity contribution is -0.123. The molecular formula is C23H23F3N4O5S. The van der Waals surface area contributed by atoms with Crippen molar-refractivity contribution >= 4 is 27.7 Å². The van der Waals surface area contributed by atoms with Crippen LogP contribution in [0.3, 0.4) is 0 Å². The third-order valence-electron chi connectivity index (χ3n) is 5.54. The van der Waals surface area contributed by atoms with Gasteiger partial charge in [0.2, 0.25) is 15.9 Å². The summed E-state index contributed by atoms with van der Waals surface area (Å²) < 4.78 is 72.1. The number of rotatable bonds is 9. The van der Waals surface area contributed by atoms with Gasteiger partial charge in [-0.2, -0.15) is 5.26 Å². The molecule has 9 nitrogen and oxygen atoms in total. The maximum Gasteiger partial charge on any atom is 0.340 e. The molecule has 0 radical (unpaired) electrons. The van der Waals surface area contributed by atoms with Gasteiger partial charge in [0.1, 0.15) is 23.4 Å². The van der Waals surface area contributed by atoms with Crippen LogP contribution < -0.4 is 9.62 Å². The maximum absolute atomic E-state index is 13.8. The van der Waals surface area contributed by atoms with E-state index in [1.54, 1.807) is 6.92 Å². The minimum Gasteiger partial charge on any atom is -0.462 e. The normalized spacial score (nSPS) is 13.8. The van der Waals surface area contributed by atoms with E-state index in [9.17, 15) is 36.4 Å². The van der Waals surface area contributed by atoms with E-state index in [0.29, 0.717) is 0 Å². The van der Waals surface area contributed by atoms with E-state index in [-0.39, 0.29) is 48.6 Å². The molecule has 36 heavy (non-hydrogen) atoms. The first-order valence-electron chi connectivity index (χ1n) is 11.0. The Morgan fingerprint density at radius 2 is 1.89 bits per heavy atom. The summed E-state index contributed by atoms with van der Waals surface area (Å²) in [6, 6.07) is 6.66. The fourth-order valence-corrected chi connectivity index (χ4v) is 5.00. The number of esters is 1. The minimum absolute atomic E-state index is 0.0543. The number of alkyl halides is 2. The second-order valence-electron chi connectivity index (χ2n) is 7.99. The van der Waals surface area contributed by atoms with Crippen molar-refractivity contribution in [1.29, 1.82) is 5.26 Å². The minimum atomic E-state index is -4.07. The van der Waals surface area contributed by atoms with Gasteiger partial charge in [-0.1, -0.05) is 19.1 Å². The van der Waals surface area contributed by atoms with E-state index in [1.807, 2.05) is 10.8 Å². The van der Waals surface area contributed by atoms with Crippen LogP contribution in [0.25, 0.3) is 0 Å². The molecule has 0 spiro atoms. The molecule has 2 aromatic rings. The monoisotopic (exact) mass is 524 g/mol. The third kappa shape index (κ3) is 5.76. The van der Waals surface area contributed by atoms with Gasteiger partial charge < -0.3 is 9.64 Å². The van der Waals surface area contributed by atoms with Crippen LogP contribution >= 0.6 is 0 Å². The van der Waals surface area contributed by atoms with Crippen LogP contribution in [0.5, 0.6) is 0 Å². The number of carbonyl (C=O) groups is 2. The van der Waals surface area contributed by atoms with Crippen molar-refractivity contribution in [2.75, 3.05) is 24.6 Å². The maximum atomic E-state index is 13.8. The molecule has 192 valence electrons. The van der Waals surface area contributed by atoms with Crippen LogP contribution in [-0.4, -0.2) is 45.0 Å². The zero-order valence-electron chi connectivity index (χ0n) is 19.4. The number of nitriles is 1. The van der Waals surface area contributed by atoms with Gasteiger partial charge in [-0.15, -0.1) is 0 Å². The van der Waals surface area contributed by atoms with Gasteiger partial charge >= 0.3 is 5.97 Å². The van der Waals surface area contributed by atoms with Crippen molar-refractivity contribution in [3.05, 3.63) is 58.0 Å². The second kappa shape index (κ2) is 10.9. The molecule has 1 aliphatic heterocycles. The zero-order valence-corrected chi connectivity index (χ0v) is 20.2. The highest BCUT2D eigenvalue weighted by Gasteiger charge is 2.38. The Kier molecular flexibility index (Phi) is 8.19. The molecule has 0 saturated carbocycles. The first kappa shape index (κ1) is 26.9. The molecule has 1 aliphatic rings. The summed E-state index contributed by atoms with van der Waals surface area (Å²) in [4.78, 5) is 30.1. The number of hydrogen-bond acceptors (Lipinski definition) is 8. The van der Waals surface area contributed by atoms with Crippen molar-refractivity contribution in [3.8, 4) is 6.07 Å².